The van der Waals surface area contributed by atoms with Gasteiger partial charge in [0.1, 0.15) is 6.04 Å². The Labute approximate surface area is 106 Å². The monoisotopic (exact) mass is 272 g/mol. The van der Waals surface area contributed by atoms with Crippen LogP contribution in [0, 0.1) is 5.92 Å². The number of hydrogen-bond acceptors (Lipinski definition) is 3. The lowest BCUT2D eigenvalue weighted by Gasteiger charge is -2.22. The number of rotatable bonds is 3. The second-order valence-corrected chi connectivity index (χ2v) is 6.57. The van der Waals surface area contributed by atoms with Crippen molar-refractivity contribution in [2.24, 2.45) is 13.0 Å². The van der Waals surface area contributed by atoms with Gasteiger partial charge in [0, 0.05) is 26.0 Å². The van der Waals surface area contributed by atoms with Gasteiger partial charge in [0.05, 0.1) is 4.90 Å². The molecule has 0 saturated carbocycles. The fourth-order valence-electron chi connectivity index (χ4n) is 2.31. The van der Waals surface area contributed by atoms with Gasteiger partial charge in [-0.15, -0.1) is 0 Å². The Morgan fingerprint density at radius 3 is 2.67 bits per heavy atom. The van der Waals surface area contributed by atoms with Crippen LogP contribution in [0.15, 0.2) is 23.4 Å². The number of hydrogen-bond donors (Lipinski definition) is 1. The van der Waals surface area contributed by atoms with Gasteiger partial charge in [0.25, 0.3) is 0 Å². The van der Waals surface area contributed by atoms with Crippen molar-refractivity contribution in [1.82, 2.24) is 8.87 Å². The van der Waals surface area contributed by atoms with E-state index < -0.39 is 22.0 Å². The third kappa shape index (κ3) is 2.04. The standard InChI is InChI=1S/C11H16N2O4S/c1-8-3-6-13(10(8)11(14)15)18(16,17)9-4-5-12(2)7-9/h4-5,7-8,10H,3,6H2,1-2H3,(H,14,15). The molecule has 1 aliphatic rings. The Kier molecular flexibility index (Phi) is 3.20. The molecule has 0 radical (unpaired) electrons. The number of carboxylic acid groups (broad SMARTS) is 1. The summed E-state index contributed by atoms with van der Waals surface area (Å²) in [5.74, 6) is -1.25. The molecule has 100 valence electrons. The van der Waals surface area contributed by atoms with Crippen molar-refractivity contribution in [2.45, 2.75) is 24.3 Å². The van der Waals surface area contributed by atoms with Crippen LogP contribution in [0.5, 0.6) is 0 Å². The molecule has 0 amide bonds. The molecule has 18 heavy (non-hydrogen) atoms. The first-order chi connectivity index (χ1) is 8.34. The summed E-state index contributed by atoms with van der Waals surface area (Å²) in [6, 6.07) is 0.521. The quantitative estimate of drug-likeness (QED) is 0.869. The highest BCUT2D eigenvalue weighted by atomic mass is 32.2. The summed E-state index contributed by atoms with van der Waals surface area (Å²) >= 11 is 0. The molecule has 0 spiro atoms. The molecule has 7 heteroatoms. The summed E-state index contributed by atoms with van der Waals surface area (Å²) in [5.41, 5.74) is 0. The normalized spacial score (nSPS) is 25.4. The van der Waals surface area contributed by atoms with Crippen molar-refractivity contribution in [1.29, 1.82) is 0 Å². The number of aromatic nitrogens is 1. The van der Waals surface area contributed by atoms with Crippen molar-refractivity contribution in [3.05, 3.63) is 18.5 Å². The second-order valence-electron chi connectivity index (χ2n) is 4.68. The lowest BCUT2D eigenvalue weighted by Crippen LogP contribution is -2.42. The maximum Gasteiger partial charge on any atom is 0.322 e. The summed E-state index contributed by atoms with van der Waals surface area (Å²) in [7, 11) is -1.99. The summed E-state index contributed by atoms with van der Waals surface area (Å²) in [5, 5.41) is 9.16. The molecule has 1 aromatic rings. The van der Waals surface area contributed by atoms with Crippen LogP contribution in [0.1, 0.15) is 13.3 Å². The third-order valence-corrected chi connectivity index (χ3v) is 5.18. The van der Waals surface area contributed by atoms with Gasteiger partial charge < -0.3 is 9.67 Å². The molecule has 1 saturated heterocycles. The van der Waals surface area contributed by atoms with Crippen LogP contribution in [0.4, 0.5) is 0 Å². The van der Waals surface area contributed by atoms with Gasteiger partial charge in [-0.25, -0.2) is 8.42 Å². The van der Waals surface area contributed by atoms with Crippen LogP contribution < -0.4 is 0 Å². The van der Waals surface area contributed by atoms with Gasteiger partial charge in [-0.1, -0.05) is 6.92 Å². The minimum absolute atomic E-state index is 0.144. The summed E-state index contributed by atoms with van der Waals surface area (Å²) < 4.78 is 27.4. The highest BCUT2D eigenvalue weighted by Crippen LogP contribution is 2.30. The molecule has 6 nitrogen and oxygen atoms in total. The molecule has 1 fully saturated rings. The number of aryl methyl sites for hydroxylation is 1. The van der Waals surface area contributed by atoms with Crippen LogP contribution in [0.25, 0.3) is 0 Å². The highest BCUT2D eigenvalue weighted by molar-refractivity contribution is 7.89. The minimum Gasteiger partial charge on any atom is -0.480 e. The average molecular weight is 272 g/mol. The Hall–Kier alpha value is -1.34. The molecule has 1 aromatic heterocycles. The summed E-state index contributed by atoms with van der Waals surface area (Å²) in [6.07, 6.45) is 3.68. The van der Waals surface area contributed by atoms with E-state index in [1.54, 1.807) is 24.7 Å². The Morgan fingerprint density at radius 1 is 1.50 bits per heavy atom. The van der Waals surface area contributed by atoms with E-state index in [-0.39, 0.29) is 17.4 Å². The number of sulfonamides is 1. The molecule has 0 aliphatic carbocycles. The zero-order valence-corrected chi connectivity index (χ0v) is 11.1. The molecule has 2 rings (SSSR count). The van der Waals surface area contributed by atoms with Gasteiger partial charge in [-0.05, 0) is 18.4 Å². The molecule has 1 N–H and O–H groups in total. The lowest BCUT2D eigenvalue weighted by molar-refractivity contribution is -0.141. The Morgan fingerprint density at radius 2 is 2.17 bits per heavy atom. The SMILES string of the molecule is CC1CCN(S(=O)(=O)c2ccn(C)c2)C1C(=O)O. The van der Waals surface area contributed by atoms with Crippen LogP contribution in [0.3, 0.4) is 0 Å². The first kappa shape index (κ1) is 13.1. The molecule has 0 aromatic carbocycles. The van der Waals surface area contributed by atoms with Gasteiger partial charge >= 0.3 is 5.97 Å². The zero-order chi connectivity index (χ0) is 13.5. The third-order valence-electron chi connectivity index (χ3n) is 3.32. The van der Waals surface area contributed by atoms with Gasteiger partial charge in [0.2, 0.25) is 10.0 Å². The Balaban J connectivity index is 2.39. The van der Waals surface area contributed by atoms with Crippen molar-refractivity contribution >= 4 is 16.0 Å². The summed E-state index contributed by atoms with van der Waals surface area (Å²) in [6.45, 7) is 2.02. The van der Waals surface area contributed by atoms with Gasteiger partial charge in [-0.2, -0.15) is 4.31 Å². The van der Waals surface area contributed by atoms with Crippen LogP contribution in [-0.2, 0) is 21.9 Å². The second kappa shape index (κ2) is 4.40. The van der Waals surface area contributed by atoms with Crippen molar-refractivity contribution in [3.63, 3.8) is 0 Å². The van der Waals surface area contributed by atoms with E-state index in [0.717, 1.165) is 4.31 Å². The fraction of sp³-hybridized carbons (Fsp3) is 0.545. The molecule has 2 unspecified atom stereocenters. The first-order valence-corrected chi connectivity index (χ1v) is 7.14. The van der Waals surface area contributed by atoms with Gasteiger partial charge in [0.15, 0.2) is 0 Å². The zero-order valence-electron chi connectivity index (χ0n) is 10.3. The largest absolute Gasteiger partial charge is 0.480 e. The topological polar surface area (TPSA) is 79.6 Å². The van der Waals surface area contributed by atoms with E-state index in [1.165, 1.54) is 12.3 Å². The van der Waals surface area contributed by atoms with Crippen molar-refractivity contribution in [3.8, 4) is 0 Å². The molecule has 1 aliphatic heterocycles. The fourth-order valence-corrected chi connectivity index (χ4v) is 4.06. The first-order valence-electron chi connectivity index (χ1n) is 5.70. The lowest BCUT2D eigenvalue weighted by atomic mass is 10.0. The number of nitrogens with zero attached hydrogens (tertiary/aromatic N) is 2. The van der Waals surface area contributed by atoms with E-state index in [4.69, 9.17) is 5.11 Å². The number of carboxylic acids is 1. The molecule has 0 bridgehead atoms. The molecular weight excluding hydrogens is 256 g/mol. The highest BCUT2D eigenvalue weighted by Gasteiger charge is 2.43. The summed E-state index contributed by atoms with van der Waals surface area (Å²) in [4.78, 5) is 11.3. The molecule has 2 atom stereocenters. The maximum absolute atomic E-state index is 12.4. The smallest absolute Gasteiger partial charge is 0.322 e. The van der Waals surface area contributed by atoms with Crippen LogP contribution in [0.2, 0.25) is 0 Å². The van der Waals surface area contributed by atoms with Crippen molar-refractivity contribution in [2.75, 3.05) is 6.54 Å². The average Bonchev–Trinajstić information content (AvgIpc) is 2.84. The number of carbonyl (C=O) groups is 1. The van der Waals surface area contributed by atoms with Crippen LogP contribution in [-0.4, -0.2) is 41.0 Å². The Bertz CT molecular complexity index is 563. The molecule has 2 heterocycles. The van der Waals surface area contributed by atoms with E-state index in [9.17, 15) is 13.2 Å². The predicted octanol–water partition coefficient (Wildman–Crippen LogP) is 0.509. The molecular formula is C11H16N2O4S. The van der Waals surface area contributed by atoms with E-state index in [2.05, 4.69) is 0 Å². The van der Waals surface area contributed by atoms with E-state index in [0.29, 0.717) is 6.42 Å². The van der Waals surface area contributed by atoms with E-state index >= 15 is 0 Å². The maximum atomic E-state index is 12.4. The number of aliphatic carboxylic acids is 1. The van der Waals surface area contributed by atoms with E-state index in [1.807, 2.05) is 0 Å². The predicted molar refractivity (Wildman–Crippen MR) is 64.5 cm³/mol. The van der Waals surface area contributed by atoms with Crippen LogP contribution >= 0.6 is 0 Å². The minimum atomic E-state index is -3.71. The van der Waals surface area contributed by atoms with Crippen molar-refractivity contribution < 1.29 is 18.3 Å². The van der Waals surface area contributed by atoms with Gasteiger partial charge in [-0.3, -0.25) is 4.79 Å².